The van der Waals surface area contributed by atoms with Crippen LogP contribution in [-0.2, 0) is 62.8 Å². The Morgan fingerprint density at radius 3 is 2.54 bits per heavy atom. The number of phenolic OH excluding ortho intramolecular Hbond substituents is 1. The highest BCUT2D eigenvalue weighted by Crippen LogP contribution is 2.42. The quantitative estimate of drug-likeness (QED) is 0.136. The number of cyclic esters (lactones) is 1. The molecule has 8 rings (SSSR count). The number of ether oxygens (including phenoxy) is 3. The van der Waals surface area contributed by atoms with Gasteiger partial charge in [0.15, 0.2) is 0 Å². The van der Waals surface area contributed by atoms with E-state index in [2.05, 4.69) is 65.5 Å². The zero-order valence-corrected chi connectivity index (χ0v) is 44.8. The van der Waals surface area contributed by atoms with Gasteiger partial charge in [0.2, 0.25) is 11.8 Å². The van der Waals surface area contributed by atoms with Crippen LogP contribution in [0.3, 0.4) is 0 Å². The van der Waals surface area contributed by atoms with Gasteiger partial charge < -0.3 is 34.1 Å². The third-order valence-electron chi connectivity index (χ3n) is 14.8. The molecule has 0 aliphatic carbocycles. The lowest BCUT2D eigenvalue weighted by molar-refractivity contribution is -0.155. The van der Waals surface area contributed by atoms with Crippen LogP contribution in [-0.4, -0.2) is 157 Å². The minimum Gasteiger partial charge on any atom is -0.508 e. The third kappa shape index (κ3) is 12.0. The SMILES string of the molecule is CCn1c(-c2cccnc2[C@H](C)OC)c2c3cc(ccc31)-c1cc(O)cc(c1)C[C@H](NC(=O)[C@H](C(C)C)N(C)C(=O)[C@H]1CCN(S(=O)(=O)C#CCN3CCOCC3)C1)C(=O)N1CCC[C@H](N1)C(=O)OCC(C)(C)C2. The molecule has 5 atom stereocenters. The van der Waals surface area contributed by atoms with Crippen molar-refractivity contribution in [2.75, 3.05) is 73.2 Å². The van der Waals surface area contributed by atoms with Crippen LogP contribution in [0.2, 0.25) is 0 Å². The molecule has 3 N–H and O–H groups in total. The van der Waals surface area contributed by atoms with Crippen LogP contribution in [0.1, 0.15) is 83.7 Å². The number of aromatic nitrogens is 2. The smallest absolute Gasteiger partial charge is 0.324 e. The van der Waals surface area contributed by atoms with E-state index in [1.165, 1.54) is 21.3 Å². The molecule has 398 valence electrons. The van der Waals surface area contributed by atoms with Crippen molar-refractivity contribution in [2.45, 2.75) is 104 Å². The average molecular weight is 1040 g/mol. The van der Waals surface area contributed by atoms with Gasteiger partial charge in [-0.05, 0) is 104 Å². The zero-order valence-electron chi connectivity index (χ0n) is 44.0. The lowest BCUT2D eigenvalue weighted by Crippen LogP contribution is -2.62. The first-order valence-corrected chi connectivity index (χ1v) is 27.3. The lowest BCUT2D eigenvalue weighted by Gasteiger charge is -2.37. The highest BCUT2D eigenvalue weighted by Gasteiger charge is 2.41. The summed E-state index contributed by atoms with van der Waals surface area (Å²) >= 11 is 0. The maximum absolute atomic E-state index is 14.8. The number of rotatable bonds is 11. The van der Waals surface area contributed by atoms with Crippen LogP contribution in [0.5, 0.6) is 5.75 Å². The predicted octanol–water partition coefficient (Wildman–Crippen LogP) is 4.88. The largest absolute Gasteiger partial charge is 0.508 e. The van der Waals surface area contributed by atoms with E-state index >= 15 is 0 Å². The van der Waals surface area contributed by atoms with E-state index in [0.717, 1.165) is 39.0 Å². The number of esters is 1. The Hall–Kier alpha value is -5.88. The summed E-state index contributed by atoms with van der Waals surface area (Å²) in [5.74, 6) is -0.412. The van der Waals surface area contributed by atoms with E-state index in [9.17, 15) is 32.7 Å². The summed E-state index contributed by atoms with van der Waals surface area (Å²) in [6, 6.07) is 12.2. The van der Waals surface area contributed by atoms with Crippen LogP contribution >= 0.6 is 0 Å². The Kier molecular flexibility index (Phi) is 16.9. The summed E-state index contributed by atoms with van der Waals surface area (Å²) in [4.78, 5) is 65.9. The highest BCUT2D eigenvalue weighted by atomic mass is 32.2. The van der Waals surface area contributed by atoms with Crippen LogP contribution in [0.4, 0.5) is 0 Å². The van der Waals surface area contributed by atoms with E-state index in [4.69, 9.17) is 19.2 Å². The number of sulfonamides is 1. The second-order valence-electron chi connectivity index (χ2n) is 21.2. The Labute approximate surface area is 435 Å². The topological polar surface area (TPSA) is 205 Å². The standard InChI is InChI=1S/C55H72N8O10S/c1-9-62-47-16-15-38-31-43(47)44(50(62)42-13-10-18-56-48(42)36(4)71-8)32-55(5,6)34-73-54(68)45-14-11-20-63(58-45)53(67)46(29-37-27-40(38)30-41(64)28-37)57-51(65)49(35(2)3)59(7)52(66)39-17-21-61(33-39)74(69,70)26-12-19-60-22-24-72-25-23-60/h10,13,15-16,18,27-28,30-31,35-36,39,45-46,49,58,64H,9,11,14,17,19-25,29,32-34H2,1-8H3,(H,57,65)/t36-,39-,45-,46-,49-/m0/s1. The van der Waals surface area contributed by atoms with Gasteiger partial charge in [0.25, 0.3) is 15.9 Å². The van der Waals surface area contributed by atoms with Gasteiger partial charge >= 0.3 is 5.97 Å². The van der Waals surface area contributed by atoms with Crippen molar-refractivity contribution < 1.29 is 46.9 Å². The number of fused-ring (bicyclic) bond motifs is 6. The summed E-state index contributed by atoms with van der Waals surface area (Å²) in [6.45, 7) is 15.6. The van der Waals surface area contributed by atoms with Crippen LogP contribution in [0, 0.1) is 28.4 Å². The Morgan fingerprint density at radius 1 is 1.04 bits per heavy atom. The molecule has 19 heteroatoms. The van der Waals surface area contributed by atoms with Crippen LogP contribution < -0.4 is 10.7 Å². The van der Waals surface area contributed by atoms with Crippen LogP contribution in [0.25, 0.3) is 33.3 Å². The first kappa shape index (κ1) is 54.4. The zero-order chi connectivity index (χ0) is 53.1. The second-order valence-corrected chi connectivity index (χ2v) is 22.9. The number of benzene rings is 2. The number of amides is 3. The number of morpholine rings is 1. The number of nitrogens with one attached hydrogen (secondary N) is 2. The maximum Gasteiger partial charge on any atom is 0.324 e. The van der Waals surface area contributed by atoms with E-state index in [1.807, 2.05) is 30.0 Å². The Morgan fingerprint density at radius 2 is 1.81 bits per heavy atom. The van der Waals surface area contributed by atoms with Crippen molar-refractivity contribution in [1.82, 2.24) is 39.4 Å². The molecule has 0 radical (unpaired) electrons. The molecule has 3 amide bonds. The molecule has 0 spiro atoms. The molecular weight excluding hydrogens is 965 g/mol. The van der Waals surface area contributed by atoms with Gasteiger partial charge in [0.05, 0.1) is 49.8 Å². The average Bonchev–Trinajstić information content (AvgIpc) is 4.01. The van der Waals surface area contributed by atoms with Crippen molar-refractivity contribution in [1.29, 1.82) is 0 Å². The highest BCUT2D eigenvalue weighted by molar-refractivity contribution is 7.93. The number of aromatic hydroxyl groups is 1. The molecule has 4 aliphatic heterocycles. The van der Waals surface area contributed by atoms with E-state index in [0.29, 0.717) is 69.8 Å². The van der Waals surface area contributed by atoms with E-state index < -0.39 is 69.1 Å². The molecule has 3 fully saturated rings. The van der Waals surface area contributed by atoms with Gasteiger partial charge in [-0.1, -0.05) is 45.7 Å². The minimum atomic E-state index is -3.98. The number of likely N-dealkylation sites (N-methyl/N-ethyl adjacent to an activating group) is 1. The molecule has 0 saturated carbocycles. The van der Waals surface area contributed by atoms with Crippen molar-refractivity contribution in [2.24, 2.45) is 17.3 Å². The number of hydrazine groups is 1. The summed E-state index contributed by atoms with van der Waals surface area (Å²) in [5, 5.41) is 19.2. The first-order valence-electron chi connectivity index (χ1n) is 25.9. The molecule has 4 aliphatic rings. The summed E-state index contributed by atoms with van der Waals surface area (Å²) in [6.07, 6.45) is 3.09. The Bertz CT molecular complexity index is 2920. The number of carbonyl (C=O) groups is 4. The summed E-state index contributed by atoms with van der Waals surface area (Å²) in [5.41, 5.74) is 9.36. The van der Waals surface area contributed by atoms with Crippen molar-refractivity contribution in [3.8, 4) is 39.3 Å². The molecule has 2 aromatic carbocycles. The fourth-order valence-corrected chi connectivity index (χ4v) is 12.0. The second kappa shape index (κ2) is 22.9. The predicted molar refractivity (Wildman–Crippen MR) is 280 cm³/mol. The first-order chi connectivity index (χ1) is 35.3. The minimum absolute atomic E-state index is 0.0359. The van der Waals surface area contributed by atoms with Crippen molar-refractivity contribution >= 4 is 44.6 Å². The molecular formula is C55H72N8O10S. The number of hydrogen-bond donors (Lipinski definition) is 3. The number of pyridine rings is 1. The number of methoxy groups -OCH3 is 1. The van der Waals surface area contributed by atoms with Gasteiger partial charge in [-0.2, -0.15) is 12.7 Å². The molecule has 6 bridgehead atoms. The third-order valence-corrected chi connectivity index (χ3v) is 16.2. The number of carbonyl (C=O) groups excluding carboxylic acids is 4. The number of phenols is 1. The Balaban J connectivity index is 1.12. The summed E-state index contributed by atoms with van der Waals surface area (Å²) in [7, 11) is -0.787. The van der Waals surface area contributed by atoms with E-state index in [1.54, 1.807) is 39.3 Å². The fraction of sp³-hybridized carbons (Fsp3) is 0.545. The molecule has 3 saturated heterocycles. The van der Waals surface area contributed by atoms with Crippen molar-refractivity contribution in [3.05, 3.63) is 71.5 Å². The fourth-order valence-electron chi connectivity index (χ4n) is 10.9. The molecule has 4 aromatic rings. The normalized spacial score (nSPS) is 21.9. The van der Waals surface area contributed by atoms with Gasteiger partial charge in [-0.25, -0.2) is 5.43 Å². The lowest BCUT2D eigenvalue weighted by atomic mass is 9.84. The van der Waals surface area contributed by atoms with Crippen molar-refractivity contribution in [3.63, 3.8) is 0 Å². The number of aryl methyl sites for hydroxylation is 1. The molecule has 18 nitrogen and oxygen atoms in total. The van der Waals surface area contributed by atoms with Gasteiger partial charge in [0, 0.05) is 93.2 Å². The van der Waals surface area contributed by atoms with Gasteiger partial charge in [0.1, 0.15) is 23.9 Å². The maximum atomic E-state index is 14.8. The number of hydrogen-bond acceptors (Lipinski definition) is 13. The van der Waals surface area contributed by atoms with Crippen LogP contribution in [0.15, 0.2) is 54.7 Å². The van der Waals surface area contributed by atoms with Gasteiger partial charge in [-0.15, -0.1) is 0 Å². The number of nitrogens with zero attached hydrogens (tertiary/aromatic N) is 6. The molecule has 2 aromatic heterocycles. The summed E-state index contributed by atoms with van der Waals surface area (Å²) < 4.78 is 47.4. The molecule has 6 heterocycles. The van der Waals surface area contributed by atoms with Gasteiger partial charge in [-0.3, -0.25) is 34.1 Å². The monoisotopic (exact) mass is 1040 g/mol. The molecule has 0 unspecified atom stereocenters. The van der Waals surface area contributed by atoms with E-state index in [-0.39, 0.29) is 50.9 Å². The molecule has 74 heavy (non-hydrogen) atoms.